The summed E-state index contributed by atoms with van der Waals surface area (Å²) < 4.78 is 0. The third-order valence-electron chi connectivity index (χ3n) is 4.78. The van der Waals surface area contributed by atoms with Crippen molar-refractivity contribution < 1.29 is 0 Å². The molecule has 0 N–H and O–H groups in total. The predicted octanol–water partition coefficient (Wildman–Crippen LogP) is 6.53. The van der Waals surface area contributed by atoms with E-state index in [4.69, 9.17) is 0 Å². The molecule has 0 nitrogen and oxygen atoms in total. The number of aryl methyl sites for hydroxylation is 2. The maximum absolute atomic E-state index is 2.29. The SMILES string of the molecule is CCc1ccc2ccccc2c1-c1c(C)ccc2ccccc12. The van der Waals surface area contributed by atoms with Crippen LogP contribution < -0.4 is 0 Å². The molecule has 23 heavy (non-hydrogen) atoms. The summed E-state index contributed by atoms with van der Waals surface area (Å²) in [4.78, 5) is 0. The van der Waals surface area contributed by atoms with E-state index in [-0.39, 0.29) is 0 Å². The van der Waals surface area contributed by atoms with Crippen LogP contribution in [-0.4, -0.2) is 0 Å². The maximum atomic E-state index is 2.29. The first-order chi connectivity index (χ1) is 11.3. The highest BCUT2D eigenvalue weighted by molar-refractivity contribution is 6.07. The van der Waals surface area contributed by atoms with E-state index in [0.717, 1.165) is 6.42 Å². The Morgan fingerprint density at radius 3 is 1.83 bits per heavy atom. The third-order valence-corrected chi connectivity index (χ3v) is 4.78. The summed E-state index contributed by atoms with van der Waals surface area (Å²) in [6.45, 7) is 4.47. The van der Waals surface area contributed by atoms with E-state index in [9.17, 15) is 0 Å². The standard InChI is InChI=1S/C23H20/c1-3-17-14-15-19-9-5-7-11-21(19)23(17)22-16(2)12-13-18-8-4-6-10-20(18)22/h4-15H,3H2,1-2H3. The van der Waals surface area contributed by atoms with Crippen molar-refractivity contribution in [2.24, 2.45) is 0 Å². The Hall–Kier alpha value is -2.60. The zero-order valence-corrected chi connectivity index (χ0v) is 13.6. The topological polar surface area (TPSA) is 0 Å². The zero-order chi connectivity index (χ0) is 15.8. The number of hydrogen-bond donors (Lipinski definition) is 0. The number of benzene rings is 4. The molecule has 0 radical (unpaired) electrons. The molecule has 0 heteroatoms. The molecular weight excluding hydrogens is 276 g/mol. The van der Waals surface area contributed by atoms with E-state index in [0.29, 0.717) is 0 Å². The molecule has 4 rings (SSSR count). The molecule has 0 unspecified atom stereocenters. The van der Waals surface area contributed by atoms with Crippen LogP contribution in [0.25, 0.3) is 32.7 Å². The van der Waals surface area contributed by atoms with Gasteiger partial charge in [0.1, 0.15) is 0 Å². The minimum Gasteiger partial charge on any atom is -0.0616 e. The van der Waals surface area contributed by atoms with Gasteiger partial charge in [-0.2, -0.15) is 0 Å². The summed E-state index contributed by atoms with van der Waals surface area (Å²) in [6.07, 6.45) is 1.04. The van der Waals surface area contributed by atoms with Gasteiger partial charge in [0.05, 0.1) is 0 Å². The zero-order valence-electron chi connectivity index (χ0n) is 13.6. The minimum absolute atomic E-state index is 1.04. The molecule has 0 aliphatic heterocycles. The molecule has 0 amide bonds. The molecule has 4 aromatic carbocycles. The first-order valence-corrected chi connectivity index (χ1v) is 8.29. The van der Waals surface area contributed by atoms with Crippen LogP contribution in [0.4, 0.5) is 0 Å². The van der Waals surface area contributed by atoms with Crippen LogP contribution in [0.15, 0.2) is 72.8 Å². The molecule has 0 spiro atoms. The van der Waals surface area contributed by atoms with Gasteiger partial charge in [0, 0.05) is 0 Å². The molecular formula is C23H20. The molecule has 0 aliphatic rings. The third kappa shape index (κ3) is 2.22. The second kappa shape index (κ2) is 5.55. The van der Waals surface area contributed by atoms with Gasteiger partial charge in [0.25, 0.3) is 0 Å². The fourth-order valence-electron chi connectivity index (χ4n) is 3.62. The first-order valence-electron chi connectivity index (χ1n) is 8.29. The molecule has 0 fully saturated rings. The molecule has 0 aliphatic carbocycles. The van der Waals surface area contributed by atoms with Gasteiger partial charge in [-0.15, -0.1) is 0 Å². The molecule has 0 saturated carbocycles. The summed E-state index contributed by atoms with van der Waals surface area (Å²) in [7, 11) is 0. The monoisotopic (exact) mass is 296 g/mol. The molecule has 0 saturated heterocycles. The summed E-state index contributed by atoms with van der Waals surface area (Å²) >= 11 is 0. The van der Waals surface area contributed by atoms with Crippen LogP contribution in [0.5, 0.6) is 0 Å². The Bertz CT molecular complexity index is 1010. The van der Waals surface area contributed by atoms with Crippen molar-refractivity contribution >= 4 is 21.5 Å². The highest BCUT2D eigenvalue weighted by Gasteiger charge is 2.14. The van der Waals surface area contributed by atoms with Gasteiger partial charge in [-0.25, -0.2) is 0 Å². The Balaban J connectivity index is 2.21. The lowest BCUT2D eigenvalue weighted by atomic mass is 9.87. The van der Waals surface area contributed by atoms with Crippen LogP contribution in [-0.2, 0) is 6.42 Å². The lowest BCUT2D eigenvalue weighted by molar-refractivity contribution is 1.15. The van der Waals surface area contributed by atoms with Gasteiger partial charge in [-0.3, -0.25) is 0 Å². The van der Waals surface area contributed by atoms with Gasteiger partial charge in [-0.1, -0.05) is 79.7 Å². The summed E-state index contributed by atoms with van der Waals surface area (Å²) in [6, 6.07) is 26.4. The van der Waals surface area contributed by atoms with Crippen molar-refractivity contribution in [2.75, 3.05) is 0 Å². The van der Waals surface area contributed by atoms with E-state index in [1.54, 1.807) is 0 Å². The van der Waals surface area contributed by atoms with E-state index in [1.807, 2.05) is 0 Å². The van der Waals surface area contributed by atoms with Crippen molar-refractivity contribution in [3.8, 4) is 11.1 Å². The number of fused-ring (bicyclic) bond motifs is 2. The number of rotatable bonds is 2. The van der Waals surface area contributed by atoms with Gasteiger partial charge in [0.15, 0.2) is 0 Å². The summed E-state index contributed by atoms with van der Waals surface area (Å²) in [5, 5.41) is 5.32. The first kappa shape index (κ1) is 14.0. The number of hydrogen-bond acceptors (Lipinski definition) is 0. The molecule has 112 valence electrons. The van der Waals surface area contributed by atoms with Crippen LogP contribution in [0, 0.1) is 6.92 Å². The van der Waals surface area contributed by atoms with Gasteiger partial charge in [0.2, 0.25) is 0 Å². The molecule has 4 aromatic rings. The van der Waals surface area contributed by atoms with Crippen LogP contribution in [0.2, 0.25) is 0 Å². The largest absolute Gasteiger partial charge is 0.0616 e. The van der Waals surface area contributed by atoms with Crippen LogP contribution >= 0.6 is 0 Å². The van der Waals surface area contributed by atoms with Gasteiger partial charge in [-0.05, 0) is 57.1 Å². The Morgan fingerprint density at radius 2 is 1.17 bits per heavy atom. The summed E-state index contributed by atoms with van der Waals surface area (Å²) in [5.41, 5.74) is 5.55. The van der Waals surface area contributed by atoms with Crippen molar-refractivity contribution in [2.45, 2.75) is 20.3 Å². The lowest BCUT2D eigenvalue weighted by Gasteiger charge is -2.17. The second-order valence-corrected chi connectivity index (χ2v) is 6.15. The molecule has 0 heterocycles. The van der Waals surface area contributed by atoms with Crippen molar-refractivity contribution in [1.82, 2.24) is 0 Å². The van der Waals surface area contributed by atoms with Crippen molar-refractivity contribution in [3.05, 3.63) is 83.9 Å². The average molecular weight is 296 g/mol. The molecule has 0 bridgehead atoms. The van der Waals surface area contributed by atoms with E-state index < -0.39 is 0 Å². The lowest BCUT2D eigenvalue weighted by Crippen LogP contribution is -1.93. The van der Waals surface area contributed by atoms with Crippen LogP contribution in [0.3, 0.4) is 0 Å². The normalized spacial score (nSPS) is 11.2. The fourth-order valence-corrected chi connectivity index (χ4v) is 3.62. The van der Waals surface area contributed by atoms with Gasteiger partial charge >= 0.3 is 0 Å². The highest BCUT2D eigenvalue weighted by Crippen LogP contribution is 2.38. The minimum atomic E-state index is 1.04. The molecule has 0 atom stereocenters. The van der Waals surface area contributed by atoms with E-state index in [1.165, 1.54) is 43.8 Å². The Morgan fingerprint density at radius 1 is 0.609 bits per heavy atom. The van der Waals surface area contributed by atoms with Crippen molar-refractivity contribution in [3.63, 3.8) is 0 Å². The second-order valence-electron chi connectivity index (χ2n) is 6.15. The summed E-state index contributed by atoms with van der Waals surface area (Å²) in [5.74, 6) is 0. The Kier molecular flexibility index (Phi) is 3.38. The quantitative estimate of drug-likeness (QED) is 0.394. The molecule has 0 aromatic heterocycles. The van der Waals surface area contributed by atoms with E-state index in [2.05, 4.69) is 86.6 Å². The average Bonchev–Trinajstić information content (AvgIpc) is 2.61. The van der Waals surface area contributed by atoms with E-state index >= 15 is 0 Å². The van der Waals surface area contributed by atoms with Crippen molar-refractivity contribution in [1.29, 1.82) is 0 Å². The smallest absolute Gasteiger partial charge is 0.00645 e. The highest BCUT2D eigenvalue weighted by atomic mass is 14.2. The fraction of sp³-hybridized carbons (Fsp3) is 0.130. The van der Waals surface area contributed by atoms with Crippen LogP contribution in [0.1, 0.15) is 18.1 Å². The van der Waals surface area contributed by atoms with Gasteiger partial charge < -0.3 is 0 Å². The Labute approximate surface area is 137 Å². The predicted molar refractivity (Wildman–Crippen MR) is 101 cm³/mol. The maximum Gasteiger partial charge on any atom is -0.00645 e.